The van der Waals surface area contributed by atoms with E-state index in [0.717, 1.165) is 24.2 Å². The number of nitrogens with zero attached hydrogens (tertiary/aromatic N) is 1. The van der Waals surface area contributed by atoms with Gasteiger partial charge in [0.25, 0.3) is 11.1 Å². The van der Waals surface area contributed by atoms with Crippen molar-refractivity contribution >= 4 is 17.2 Å². The lowest BCUT2D eigenvalue weighted by Crippen LogP contribution is -2.26. The molecule has 4 rings (SSSR count). The SMILES string of the molecule is CC(C)CNC(=O)c1cnc(Oc2ccc3c(c2)CCC(c2ccccc2)O3)s1. The molecule has 29 heavy (non-hydrogen) atoms. The van der Waals surface area contributed by atoms with Crippen LogP contribution in [-0.2, 0) is 6.42 Å². The summed E-state index contributed by atoms with van der Waals surface area (Å²) >= 11 is 1.25. The maximum atomic E-state index is 12.1. The summed E-state index contributed by atoms with van der Waals surface area (Å²) < 4.78 is 12.1. The standard InChI is InChI=1S/C23H24N2O3S/c1-15(2)13-24-22(26)21-14-25-23(29-21)27-18-9-11-20-17(12-18)8-10-19(28-20)16-6-4-3-5-7-16/h3-7,9,11-12,14-15,19H,8,10,13H2,1-2H3,(H,24,26). The van der Waals surface area contributed by atoms with Gasteiger partial charge in [-0.3, -0.25) is 4.79 Å². The highest BCUT2D eigenvalue weighted by Gasteiger charge is 2.22. The number of carbonyl (C=O) groups excluding carboxylic acids is 1. The van der Waals surface area contributed by atoms with Crippen LogP contribution in [0.2, 0.25) is 0 Å². The van der Waals surface area contributed by atoms with Crippen LogP contribution in [-0.4, -0.2) is 17.4 Å². The number of carbonyl (C=O) groups is 1. The van der Waals surface area contributed by atoms with Crippen LogP contribution in [0.15, 0.2) is 54.7 Å². The van der Waals surface area contributed by atoms with Gasteiger partial charge >= 0.3 is 0 Å². The lowest BCUT2D eigenvalue weighted by molar-refractivity contribution is 0.0953. The molecule has 0 spiro atoms. The van der Waals surface area contributed by atoms with Crippen molar-refractivity contribution < 1.29 is 14.3 Å². The number of benzene rings is 2. The number of nitrogens with one attached hydrogen (secondary N) is 1. The third-order valence-electron chi connectivity index (χ3n) is 4.73. The van der Waals surface area contributed by atoms with Crippen molar-refractivity contribution in [2.75, 3.05) is 6.54 Å². The van der Waals surface area contributed by atoms with E-state index in [-0.39, 0.29) is 12.0 Å². The highest BCUT2D eigenvalue weighted by Crippen LogP contribution is 2.37. The van der Waals surface area contributed by atoms with Crippen molar-refractivity contribution in [2.24, 2.45) is 5.92 Å². The molecule has 0 saturated carbocycles. The van der Waals surface area contributed by atoms with E-state index < -0.39 is 0 Å². The third-order valence-corrected chi connectivity index (χ3v) is 5.61. The zero-order chi connectivity index (χ0) is 20.2. The molecule has 1 aliphatic heterocycles. The minimum atomic E-state index is -0.114. The zero-order valence-electron chi connectivity index (χ0n) is 16.6. The Kier molecular flexibility index (Phi) is 5.81. The Morgan fingerprint density at radius 3 is 2.90 bits per heavy atom. The Hall–Kier alpha value is -2.86. The van der Waals surface area contributed by atoms with Gasteiger partial charge in [-0.1, -0.05) is 55.5 Å². The number of thiazole rings is 1. The number of aromatic nitrogens is 1. The molecule has 150 valence electrons. The molecule has 0 saturated heterocycles. The fraction of sp³-hybridized carbons (Fsp3) is 0.304. The van der Waals surface area contributed by atoms with Crippen molar-refractivity contribution in [1.29, 1.82) is 0 Å². The number of hydrogen-bond donors (Lipinski definition) is 1. The zero-order valence-corrected chi connectivity index (χ0v) is 17.4. The number of ether oxygens (including phenoxy) is 2. The summed E-state index contributed by atoms with van der Waals surface area (Å²) in [6.07, 6.45) is 3.49. The molecule has 0 radical (unpaired) electrons. The fourth-order valence-corrected chi connectivity index (χ4v) is 3.93. The topological polar surface area (TPSA) is 60.5 Å². The van der Waals surface area contributed by atoms with Crippen molar-refractivity contribution in [3.8, 4) is 16.7 Å². The maximum absolute atomic E-state index is 12.1. The van der Waals surface area contributed by atoms with Crippen LogP contribution in [0.1, 0.15) is 47.2 Å². The Morgan fingerprint density at radius 1 is 1.28 bits per heavy atom. The second-order valence-electron chi connectivity index (χ2n) is 7.52. The quantitative estimate of drug-likeness (QED) is 0.594. The maximum Gasteiger partial charge on any atom is 0.279 e. The molecule has 6 heteroatoms. The van der Waals surface area contributed by atoms with Crippen LogP contribution in [0, 0.1) is 5.92 Å². The van der Waals surface area contributed by atoms with Crippen molar-refractivity contribution in [1.82, 2.24) is 10.3 Å². The number of rotatable bonds is 6. The summed E-state index contributed by atoms with van der Waals surface area (Å²) in [5.74, 6) is 1.89. The summed E-state index contributed by atoms with van der Waals surface area (Å²) in [6.45, 7) is 4.76. The van der Waals surface area contributed by atoms with Gasteiger partial charge in [0, 0.05) is 6.54 Å². The van der Waals surface area contributed by atoms with E-state index in [2.05, 4.69) is 36.3 Å². The van der Waals surface area contributed by atoms with Gasteiger partial charge in [0.2, 0.25) is 0 Å². The van der Waals surface area contributed by atoms with Gasteiger partial charge in [0.05, 0.1) is 6.20 Å². The molecule has 1 amide bonds. The smallest absolute Gasteiger partial charge is 0.279 e. The minimum absolute atomic E-state index is 0.0846. The molecule has 0 fully saturated rings. The molecule has 2 aromatic carbocycles. The number of aryl methyl sites for hydroxylation is 1. The van der Waals surface area contributed by atoms with E-state index in [0.29, 0.717) is 28.3 Å². The molecule has 2 heterocycles. The van der Waals surface area contributed by atoms with E-state index in [1.807, 2.05) is 36.4 Å². The van der Waals surface area contributed by atoms with Gasteiger partial charge in [-0.15, -0.1) is 0 Å². The van der Waals surface area contributed by atoms with E-state index >= 15 is 0 Å². The molecule has 5 nitrogen and oxygen atoms in total. The molecule has 3 aromatic rings. The average molecular weight is 409 g/mol. The molecule has 1 atom stereocenters. The molecule has 1 aliphatic rings. The van der Waals surface area contributed by atoms with Crippen LogP contribution in [0.25, 0.3) is 0 Å². The highest BCUT2D eigenvalue weighted by molar-refractivity contribution is 7.15. The lowest BCUT2D eigenvalue weighted by Gasteiger charge is -2.26. The minimum Gasteiger partial charge on any atom is -0.485 e. The first-order valence-electron chi connectivity index (χ1n) is 9.85. The van der Waals surface area contributed by atoms with Gasteiger partial charge in [-0.2, -0.15) is 0 Å². The number of amides is 1. The molecular formula is C23H24N2O3S. The Labute approximate surface area is 174 Å². The van der Waals surface area contributed by atoms with E-state index in [4.69, 9.17) is 9.47 Å². The normalized spacial score (nSPS) is 15.5. The number of fused-ring (bicyclic) bond motifs is 1. The van der Waals surface area contributed by atoms with Gasteiger partial charge in [0.15, 0.2) is 0 Å². The summed E-state index contributed by atoms with van der Waals surface area (Å²) in [5.41, 5.74) is 2.32. The van der Waals surface area contributed by atoms with Crippen LogP contribution in [0.4, 0.5) is 0 Å². The molecule has 1 aromatic heterocycles. The Morgan fingerprint density at radius 2 is 2.10 bits per heavy atom. The molecular weight excluding hydrogens is 384 g/mol. The molecule has 0 aliphatic carbocycles. The number of hydrogen-bond acceptors (Lipinski definition) is 5. The second-order valence-corrected chi connectivity index (χ2v) is 8.51. The first-order valence-corrected chi connectivity index (χ1v) is 10.7. The first-order chi connectivity index (χ1) is 14.1. The van der Waals surface area contributed by atoms with Gasteiger partial charge < -0.3 is 14.8 Å². The van der Waals surface area contributed by atoms with Crippen LogP contribution >= 0.6 is 11.3 Å². The van der Waals surface area contributed by atoms with Gasteiger partial charge in [0.1, 0.15) is 22.5 Å². The predicted octanol–water partition coefficient (Wildman–Crippen LogP) is 5.39. The Bertz CT molecular complexity index is 985. The van der Waals surface area contributed by atoms with Crippen molar-refractivity contribution in [3.63, 3.8) is 0 Å². The summed E-state index contributed by atoms with van der Waals surface area (Å²) in [6, 6.07) is 16.1. The van der Waals surface area contributed by atoms with Crippen LogP contribution in [0.3, 0.4) is 0 Å². The monoisotopic (exact) mass is 408 g/mol. The van der Waals surface area contributed by atoms with Crippen LogP contribution < -0.4 is 14.8 Å². The van der Waals surface area contributed by atoms with E-state index in [1.165, 1.54) is 16.9 Å². The molecule has 0 bridgehead atoms. The van der Waals surface area contributed by atoms with E-state index in [1.54, 1.807) is 6.20 Å². The fourth-order valence-electron chi connectivity index (χ4n) is 3.23. The summed E-state index contributed by atoms with van der Waals surface area (Å²) in [5, 5.41) is 3.35. The van der Waals surface area contributed by atoms with Gasteiger partial charge in [-0.05, 0) is 48.1 Å². The summed E-state index contributed by atoms with van der Waals surface area (Å²) in [4.78, 5) is 16.9. The van der Waals surface area contributed by atoms with Crippen molar-refractivity contribution in [2.45, 2.75) is 32.8 Å². The third kappa shape index (κ3) is 4.77. The summed E-state index contributed by atoms with van der Waals surface area (Å²) in [7, 11) is 0. The van der Waals surface area contributed by atoms with Gasteiger partial charge in [-0.25, -0.2) is 4.98 Å². The molecule has 1 unspecified atom stereocenters. The first kappa shape index (κ1) is 19.5. The Balaban J connectivity index is 1.41. The van der Waals surface area contributed by atoms with Crippen LogP contribution in [0.5, 0.6) is 16.7 Å². The average Bonchev–Trinajstić information content (AvgIpc) is 3.21. The lowest BCUT2D eigenvalue weighted by atomic mass is 9.97. The van der Waals surface area contributed by atoms with Crippen molar-refractivity contribution in [3.05, 3.63) is 70.7 Å². The van der Waals surface area contributed by atoms with E-state index in [9.17, 15) is 4.79 Å². The predicted molar refractivity (Wildman–Crippen MR) is 114 cm³/mol. The second kappa shape index (κ2) is 8.66. The largest absolute Gasteiger partial charge is 0.485 e. The molecule has 1 N–H and O–H groups in total. The highest BCUT2D eigenvalue weighted by atomic mass is 32.1.